The van der Waals surface area contributed by atoms with Crippen LogP contribution in [0.4, 0.5) is 5.69 Å². The number of carbonyl (C=O) groups excluding carboxylic acids is 1. The molecule has 2 aromatic rings. The Morgan fingerprint density at radius 1 is 1.02 bits per heavy atom. The molecule has 1 saturated carbocycles. The first-order valence-electron chi connectivity index (χ1n) is 20.0. The Balaban J connectivity index is 1.72. The van der Waals surface area contributed by atoms with Gasteiger partial charge in [-0.2, -0.15) is 0 Å². The number of hydrogen-bond donors (Lipinski definition) is 3. The van der Waals surface area contributed by atoms with Crippen LogP contribution in [-0.4, -0.2) is 108 Å². The van der Waals surface area contributed by atoms with Crippen LogP contribution in [0.15, 0.2) is 90.7 Å². The number of fused-ring (bicyclic) bond motifs is 2. The molecule has 6 unspecified atom stereocenters. The van der Waals surface area contributed by atoms with Gasteiger partial charge in [-0.1, -0.05) is 42.8 Å². The average Bonchev–Trinajstić information content (AvgIpc) is 3.23. The van der Waals surface area contributed by atoms with E-state index >= 15 is 0 Å². The SMILES string of the molecule is C=CCOc1ccc2c(c1)C1C(CCCCO)C(CCCCO)C=C3C(=NOC)CC(N(CCOCCO)C(=O)C=Cc4ccc([N+](=O)[O-])cc4)C(OCC=C)(O2)C31. The maximum absolute atomic E-state index is 14.6. The first-order chi connectivity index (χ1) is 28.3. The molecule has 1 heterocycles. The number of hydrogen-bond acceptors (Lipinski definition) is 12. The highest BCUT2D eigenvalue weighted by Gasteiger charge is 2.65. The number of non-ortho nitro benzene ring substituents is 1. The number of rotatable bonds is 24. The lowest BCUT2D eigenvalue weighted by Gasteiger charge is -2.60. The van der Waals surface area contributed by atoms with Crippen LogP contribution in [0.25, 0.3) is 6.08 Å². The second-order valence-electron chi connectivity index (χ2n) is 14.6. The number of carbonyl (C=O) groups is 1. The monoisotopic (exact) mass is 803 g/mol. The molecule has 2 aromatic carbocycles. The van der Waals surface area contributed by atoms with E-state index in [1.807, 2.05) is 18.2 Å². The van der Waals surface area contributed by atoms with E-state index in [0.29, 0.717) is 42.2 Å². The highest BCUT2D eigenvalue weighted by Crippen LogP contribution is 2.62. The van der Waals surface area contributed by atoms with Gasteiger partial charge in [0.15, 0.2) is 0 Å². The quantitative estimate of drug-likeness (QED) is 0.0374. The third-order valence-corrected chi connectivity index (χ3v) is 11.1. The lowest BCUT2D eigenvalue weighted by Crippen LogP contribution is -2.70. The number of aliphatic hydroxyl groups excluding tert-OH is 3. The molecule has 3 aliphatic rings. The Kier molecular flexibility index (Phi) is 16.6. The number of amides is 1. The lowest BCUT2D eigenvalue weighted by molar-refractivity contribution is -0.384. The van der Waals surface area contributed by atoms with E-state index < -0.39 is 28.6 Å². The predicted octanol–water partition coefficient (Wildman–Crippen LogP) is 5.97. The third-order valence-electron chi connectivity index (χ3n) is 11.1. The Hall–Kier alpha value is -4.86. The van der Waals surface area contributed by atoms with Gasteiger partial charge in [-0.15, -0.1) is 6.58 Å². The Bertz CT molecular complexity index is 1790. The van der Waals surface area contributed by atoms with Gasteiger partial charge in [0.05, 0.1) is 43.0 Å². The molecule has 58 heavy (non-hydrogen) atoms. The normalized spacial score (nSPS) is 24.0. The molecule has 6 atom stereocenters. The number of nitro groups is 1. The van der Waals surface area contributed by atoms with Crippen molar-refractivity contribution in [3.05, 3.63) is 107 Å². The largest absolute Gasteiger partial charge is 0.490 e. The van der Waals surface area contributed by atoms with Gasteiger partial charge >= 0.3 is 0 Å². The number of oxime groups is 1. The van der Waals surface area contributed by atoms with E-state index in [0.717, 1.165) is 36.8 Å². The molecule has 14 nitrogen and oxygen atoms in total. The molecule has 2 aliphatic carbocycles. The molecule has 0 aromatic heterocycles. The summed E-state index contributed by atoms with van der Waals surface area (Å²) in [7, 11) is 1.49. The van der Waals surface area contributed by atoms with Crippen LogP contribution in [-0.2, 0) is 19.1 Å². The minimum absolute atomic E-state index is 0.0321. The van der Waals surface area contributed by atoms with Crippen molar-refractivity contribution in [1.29, 1.82) is 0 Å². The van der Waals surface area contributed by atoms with Gasteiger partial charge in [-0.05, 0) is 85.1 Å². The van der Waals surface area contributed by atoms with Gasteiger partial charge in [-0.25, -0.2) is 0 Å². The Labute approximate surface area is 340 Å². The fraction of sp³-hybridized carbons (Fsp3) is 0.500. The average molecular weight is 804 g/mol. The van der Waals surface area contributed by atoms with Crippen LogP contribution in [0.3, 0.4) is 0 Å². The van der Waals surface area contributed by atoms with E-state index in [4.69, 9.17) is 23.8 Å². The molecule has 0 radical (unpaired) electrons. The zero-order valence-corrected chi connectivity index (χ0v) is 33.3. The number of ether oxygens (including phenoxy) is 4. The molecule has 0 saturated heterocycles. The summed E-state index contributed by atoms with van der Waals surface area (Å²) in [5, 5.41) is 45.0. The minimum Gasteiger partial charge on any atom is -0.490 e. The van der Waals surface area contributed by atoms with Crippen molar-refractivity contribution < 1.29 is 48.8 Å². The summed E-state index contributed by atoms with van der Waals surface area (Å²) < 4.78 is 26.0. The van der Waals surface area contributed by atoms with Gasteiger partial charge in [0.2, 0.25) is 11.7 Å². The van der Waals surface area contributed by atoms with Gasteiger partial charge in [-0.3, -0.25) is 14.9 Å². The first kappa shape index (κ1) is 44.2. The molecule has 5 rings (SSSR count). The highest BCUT2D eigenvalue weighted by atomic mass is 16.7. The summed E-state index contributed by atoms with van der Waals surface area (Å²) in [5.74, 6) is -1.28. The first-order valence-corrected chi connectivity index (χ1v) is 20.0. The van der Waals surface area contributed by atoms with Crippen LogP contribution >= 0.6 is 0 Å². The second kappa shape index (κ2) is 21.8. The third kappa shape index (κ3) is 10.2. The maximum Gasteiger partial charge on any atom is 0.269 e. The van der Waals surface area contributed by atoms with Crippen molar-refractivity contribution >= 4 is 23.4 Å². The van der Waals surface area contributed by atoms with E-state index in [1.54, 1.807) is 35.3 Å². The molecule has 3 N–H and O–H groups in total. The number of nitro benzene ring substituents is 1. The maximum atomic E-state index is 14.6. The Morgan fingerprint density at radius 2 is 1.76 bits per heavy atom. The van der Waals surface area contributed by atoms with Gasteiger partial charge in [0.25, 0.3) is 5.69 Å². The fourth-order valence-electron chi connectivity index (χ4n) is 8.72. The fourth-order valence-corrected chi connectivity index (χ4v) is 8.72. The van der Waals surface area contributed by atoms with E-state index in [-0.39, 0.29) is 76.0 Å². The van der Waals surface area contributed by atoms with Crippen molar-refractivity contribution in [3.63, 3.8) is 0 Å². The summed E-state index contributed by atoms with van der Waals surface area (Å²) in [4.78, 5) is 32.6. The predicted molar refractivity (Wildman–Crippen MR) is 219 cm³/mol. The molecule has 1 fully saturated rings. The second-order valence-corrected chi connectivity index (χ2v) is 14.6. The van der Waals surface area contributed by atoms with E-state index in [2.05, 4.69) is 24.4 Å². The van der Waals surface area contributed by atoms with Gasteiger partial charge in [0, 0.05) is 55.9 Å². The van der Waals surface area contributed by atoms with Crippen LogP contribution in [0, 0.1) is 27.9 Å². The smallest absolute Gasteiger partial charge is 0.269 e. The molecule has 0 bridgehead atoms. The molecule has 0 spiro atoms. The number of aliphatic hydroxyl groups is 3. The van der Waals surface area contributed by atoms with E-state index in [1.165, 1.54) is 25.3 Å². The molecule has 314 valence electrons. The van der Waals surface area contributed by atoms with Crippen molar-refractivity contribution in [2.75, 3.05) is 59.9 Å². The highest BCUT2D eigenvalue weighted by molar-refractivity contribution is 6.03. The summed E-state index contributed by atoms with van der Waals surface area (Å²) >= 11 is 0. The molecular formula is C44H57N3O11. The van der Waals surface area contributed by atoms with Gasteiger partial charge < -0.3 is 44.0 Å². The molecule has 1 amide bonds. The zero-order valence-electron chi connectivity index (χ0n) is 33.3. The van der Waals surface area contributed by atoms with Crippen LogP contribution < -0.4 is 9.47 Å². The summed E-state index contributed by atoms with van der Waals surface area (Å²) in [6.07, 6.45) is 13.3. The molecule has 14 heteroatoms. The van der Waals surface area contributed by atoms with Crippen molar-refractivity contribution in [1.82, 2.24) is 4.90 Å². The molecule has 1 aliphatic heterocycles. The van der Waals surface area contributed by atoms with Crippen LogP contribution in [0.1, 0.15) is 62.0 Å². The Morgan fingerprint density at radius 3 is 2.43 bits per heavy atom. The van der Waals surface area contributed by atoms with Crippen LogP contribution in [0.2, 0.25) is 0 Å². The van der Waals surface area contributed by atoms with Crippen molar-refractivity contribution in [3.8, 4) is 11.5 Å². The van der Waals surface area contributed by atoms with Gasteiger partial charge in [0.1, 0.15) is 31.3 Å². The molecular weight excluding hydrogens is 746 g/mol. The zero-order chi connectivity index (χ0) is 41.5. The topological polar surface area (TPSA) is 183 Å². The van der Waals surface area contributed by atoms with Crippen LogP contribution in [0.5, 0.6) is 11.5 Å². The number of unbranched alkanes of at least 4 members (excludes halogenated alkanes) is 2. The minimum atomic E-state index is -1.48. The lowest BCUT2D eigenvalue weighted by atomic mass is 9.55. The number of allylic oxidation sites excluding steroid dienone is 1. The summed E-state index contributed by atoms with van der Waals surface area (Å²) in [5.41, 5.74) is 2.99. The van der Waals surface area contributed by atoms with E-state index in [9.17, 15) is 30.2 Å². The number of benzene rings is 2. The standard InChI is InChI=1S/C44H57N3O11/c1-4-24-56-34-17-18-39-37(29-34)42-35(11-7-9-22-49)32(10-6-8-21-48)28-36-38(45-54-3)30-40(44(58-39,43(36)42)57-25-5-2)46(20-26-55-27-23-50)41(51)19-14-31-12-15-33(16-13-31)47(52)53/h4-5,12-19,28-29,32,35,40,42-43,48-50H,1-2,6-11,20-27,30H2,3H3. The summed E-state index contributed by atoms with van der Waals surface area (Å²) in [6.45, 7) is 8.41. The van der Waals surface area contributed by atoms with Crippen molar-refractivity contribution in [2.45, 2.75) is 62.7 Å². The summed E-state index contributed by atoms with van der Waals surface area (Å²) in [6, 6.07) is 10.8. The van der Waals surface area contributed by atoms with Crippen molar-refractivity contribution in [2.24, 2.45) is 22.9 Å². The number of nitrogens with zero attached hydrogens (tertiary/aromatic N) is 3.